The molecule has 1 aliphatic heterocycles. The summed E-state index contributed by atoms with van der Waals surface area (Å²) in [7, 11) is 0. The first-order chi connectivity index (χ1) is 24.2. The molecule has 0 spiro atoms. The van der Waals surface area contributed by atoms with Gasteiger partial charge in [0.1, 0.15) is 25.6 Å². The smallest absolute Gasteiger partial charge is 0.199 e. The van der Waals surface area contributed by atoms with Gasteiger partial charge in [0.05, 0.1) is 18.0 Å². The van der Waals surface area contributed by atoms with Gasteiger partial charge in [0, 0.05) is 17.2 Å². The van der Waals surface area contributed by atoms with Crippen LogP contribution in [0.5, 0.6) is 17.2 Å². The maximum absolute atomic E-state index is 14.1. The number of Topliss-reactive ketones (excluding diaryl/α,β-unsaturated/α-hetero) is 1. The van der Waals surface area contributed by atoms with E-state index in [4.69, 9.17) is 23.9 Å². The van der Waals surface area contributed by atoms with Crippen LogP contribution in [0.3, 0.4) is 0 Å². The van der Waals surface area contributed by atoms with Crippen LogP contribution in [0.25, 0.3) is 0 Å². The number of hydrogen-bond donors (Lipinski definition) is 0. The highest BCUT2D eigenvalue weighted by Gasteiger charge is 2.34. The minimum absolute atomic E-state index is 0.165. The molecule has 6 nitrogen and oxygen atoms in total. The molecule has 1 aliphatic rings. The monoisotopic (exact) mass is 645 g/mol. The van der Waals surface area contributed by atoms with Crippen molar-refractivity contribution in [1.82, 2.24) is 0 Å². The Hall–Kier alpha value is -5.98. The summed E-state index contributed by atoms with van der Waals surface area (Å²) in [6.45, 7) is 1.37. The van der Waals surface area contributed by atoms with Crippen LogP contribution in [0.4, 0.5) is 5.69 Å². The third-order valence-electron chi connectivity index (χ3n) is 8.18. The van der Waals surface area contributed by atoms with Gasteiger partial charge in [0.2, 0.25) is 0 Å². The molecule has 0 saturated carbocycles. The second kappa shape index (κ2) is 15.3. The third-order valence-corrected chi connectivity index (χ3v) is 8.18. The summed E-state index contributed by atoms with van der Waals surface area (Å²) >= 11 is 0. The van der Waals surface area contributed by atoms with E-state index in [0.717, 1.165) is 22.3 Å². The summed E-state index contributed by atoms with van der Waals surface area (Å²) in [5.41, 5.74) is 6.27. The lowest BCUT2D eigenvalue weighted by Crippen LogP contribution is -2.36. The van der Waals surface area contributed by atoms with E-state index in [1.165, 1.54) is 0 Å². The van der Waals surface area contributed by atoms with Crippen LogP contribution in [-0.4, -0.2) is 17.6 Å². The summed E-state index contributed by atoms with van der Waals surface area (Å²) in [5.74, 6) is 1.59. The quantitative estimate of drug-likeness (QED) is 0.125. The summed E-state index contributed by atoms with van der Waals surface area (Å²) in [6.07, 6.45) is -0.929. The fourth-order valence-electron chi connectivity index (χ4n) is 5.59. The number of benzene rings is 6. The average molecular weight is 646 g/mol. The van der Waals surface area contributed by atoms with Crippen molar-refractivity contribution in [2.75, 3.05) is 0 Å². The first kappa shape index (κ1) is 31.6. The lowest BCUT2D eigenvalue weighted by atomic mass is 9.93. The van der Waals surface area contributed by atoms with Crippen LogP contribution in [0, 0.1) is 0 Å². The Morgan fingerprint density at radius 2 is 1.00 bits per heavy atom. The molecule has 49 heavy (non-hydrogen) atoms. The Morgan fingerprint density at radius 3 is 1.57 bits per heavy atom. The summed E-state index contributed by atoms with van der Waals surface area (Å²) in [6, 6.07) is 50.8. The first-order valence-corrected chi connectivity index (χ1v) is 16.3. The second-order valence-corrected chi connectivity index (χ2v) is 11.7. The van der Waals surface area contributed by atoms with E-state index in [-0.39, 0.29) is 12.4 Å². The van der Waals surface area contributed by atoms with Crippen LogP contribution >= 0.6 is 0 Å². The van der Waals surface area contributed by atoms with Gasteiger partial charge in [-0.15, -0.1) is 0 Å². The molecule has 7 rings (SSSR count). The van der Waals surface area contributed by atoms with Gasteiger partial charge in [-0.3, -0.25) is 4.79 Å². The van der Waals surface area contributed by atoms with E-state index in [1.54, 1.807) is 6.07 Å². The second-order valence-electron chi connectivity index (χ2n) is 11.7. The van der Waals surface area contributed by atoms with Crippen LogP contribution < -0.4 is 14.2 Å². The Labute approximate surface area is 286 Å². The highest BCUT2D eigenvalue weighted by Crippen LogP contribution is 2.36. The molecule has 6 aromatic rings. The zero-order chi connectivity index (χ0) is 33.3. The van der Waals surface area contributed by atoms with Gasteiger partial charge in [-0.25, -0.2) is 4.99 Å². The Bertz CT molecular complexity index is 2030. The van der Waals surface area contributed by atoms with E-state index in [2.05, 4.69) is 0 Å². The predicted molar refractivity (Wildman–Crippen MR) is 191 cm³/mol. The number of carbonyl (C=O) groups is 1. The van der Waals surface area contributed by atoms with Gasteiger partial charge < -0.3 is 18.9 Å². The van der Waals surface area contributed by atoms with Crippen molar-refractivity contribution in [2.45, 2.75) is 32.5 Å². The Kier molecular flexibility index (Phi) is 9.86. The lowest BCUT2D eigenvalue weighted by Gasteiger charge is -2.25. The molecule has 0 fully saturated rings. The fourth-order valence-corrected chi connectivity index (χ4v) is 5.59. The third kappa shape index (κ3) is 7.95. The van der Waals surface area contributed by atoms with Crippen molar-refractivity contribution in [2.24, 2.45) is 4.99 Å². The molecule has 0 N–H and O–H groups in total. The highest BCUT2D eigenvalue weighted by molar-refractivity contribution is 6.25. The number of fused-ring (bicyclic) bond motifs is 1. The van der Waals surface area contributed by atoms with Crippen LogP contribution in [-0.2, 0) is 31.2 Å². The summed E-state index contributed by atoms with van der Waals surface area (Å²) in [4.78, 5) is 19.2. The number of rotatable bonds is 13. The Morgan fingerprint density at radius 1 is 0.490 bits per heavy atom. The molecular formula is C43H35NO5. The highest BCUT2D eigenvalue weighted by atomic mass is 16.5. The van der Waals surface area contributed by atoms with Gasteiger partial charge in [0.15, 0.2) is 23.4 Å². The molecule has 0 aliphatic carbocycles. The fraction of sp³-hybridized carbons (Fsp3) is 0.116. The number of nitrogens with zero attached hydrogens (tertiary/aromatic N) is 1. The van der Waals surface area contributed by atoms with Gasteiger partial charge in [0.25, 0.3) is 0 Å². The van der Waals surface area contributed by atoms with Crippen molar-refractivity contribution >= 4 is 17.2 Å². The molecule has 0 bridgehead atoms. The van der Waals surface area contributed by atoms with Gasteiger partial charge >= 0.3 is 0 Å². The average Bonchev–Trinajstić information content (AvgIpc) is 3.16. The van der Waals surface area contributed by atoms with E-state index >= 15 is 0 Å². The van der Waals surface area contributed by atoms with E-state index < -0.39 is 6.10 Å². The van der Waals surface area contributed by atoms with Gasteiger partial charge in [-0.05, 0) is 52.6 Å². The van der Waals surface area contributed by atoms with E-state index in [9.17, 15) is 4.79 Å². The number of carbonyl (C=O) groups excluding carboxylic acids is 1. The van der Waals surface area contributed by atoms with Crippen LogP contribution in [0.2, 0.25) is 0 Å². The lowest BCUT2D eigenvalue weighted by molar-refractivity contribution is 0.0568. The van der Waals surface area contributed by atoms with Crippen molar-refractivity contribution in [3.05, 3.63) is 191 Å². The van der Waals surface area contributed by atoms with E-state index in [1.807, 2.05) is 152 Å². The summed E-state index contributed by atoms with van der Waals surface area (Å²) in [5, 5.41) is 0. The molecule has 6 heteroatoms. The molecule has 0 radical (unpaired) electrons. The standard InChI is InChI=1S/C43H35NO5/c45-42-37-23-22-36(46-27-31-13-5-1-6-14-31)26-38(37)44-41(43(42)49-30-34-19-11-4-12-20-34)35-21-24-39(47-28-32-15-7-2-8-16-32)40(25-35)48-29-33-17-9-3-10-18-33/h1-26,43H,27-30H2. The van der Waals surface area contributed by atoms with Gasteiger partial charge in [-0.1, -0.05) is 121 Å². The molecule has 6 aromatic carbocycles. The van der Waals surface area contributed by atoms with Crippen LogP contribution in [0.15, 0.2) is 163 Å². The first-order valence-electron chi connectivity index (χ1n) is 16.3. The topological polar surface area (TPSA) is 66.4 Å². The number of aliphatic imine (C=N–C) groups is 1. The molecule has 1 unspecified atom stereocenters. The minimum Gasteiger partial charge on any atom is -0.489 e. The van der Waals surface area contributed by atoms with Crippen molar-refractivity contribution < 1.29 is 23.7 Å². The number of ether oxygens (including phenoxy) is 4. The zero-order valence-corrected chi connectivity index (χ0v) is 26.9. The molecule has 1 atom stereocenters. The van der Waals surface area contributed by atoms with Gasteiger partial charge in [-0.2, -0.15) is 0 Å². The molecule has 242 valence electrons. The number of hydrogen-bond acceptors (Lipinski definition) is 6. The predicted octanol–water partition coefficient (Wildman–Crippen LogP) is 9.33. The minimum atomic E-state index is -0.929. The molecule has 0 aromatic heterocycles. The summed E-state index contributed by atoms with van der Waals surface area (Å²) < 4.78 is 25.1. The SMILES string of the molecule is O=C1c2ccc(OCc3ccccc3)cc2N=C(c2ccc(OCc3ccccc3)c(OCc3ccccc3)c2)C1OCc1ccccc1. The maximum Gasteiger partial charge on any atom is 0.199 e. The van der Waals surface area contributed by atoms with Crippen molar-refractivity contribution in [3.8, 4) is 17.2 Å². The largest absolute Gasteiger partial charge is 0.489 e. The molecular weight excluding hydrogens is 610 g/mol. The van der Waals surface area contributed by atoms with E-state index in [0.29, 0.717) is 59.6 Å². The maximum atomic E-state index is 14.1. The Balaban J connectivity index is 1.23. The zero-order valence-electron chi connectivity index (χ0n) is 26.9. The van der Waals surface area contributed by atoms with Crippen LogP contribution in [0.1, 0.15) is 38.2 Å². The normalized spacial score (nSPS) is 13.7. The van der Waals surface area contributed by atoms with Crippen molar-refractivity contribution in [1.29, 1.82) is 0 Å². The molecule has 1 heterocycles. The number of ketones is 1. The molecule has 0 saturated heterocycles. The van der Waals surface area contributed by atoms with Crippen molar-refractivity contribution in [3.63, 3.8) is 0 Å². The molecule has 0 amide bonds.